The van der Waals surface area contributed by atoms with E-state index < -0.39 is 11.6 Å². The number of hydrogen-bond acceptors (Lipinski definition) is 2. The van der Waals surface area contributed by atoms with Crippen LogP contribution in [0.25, 0.3) is 0 Å². The molecule has 0 radical (unpaired) electrons. The van der Waals surface area contributed by atoms with Crippen molar-refractivity contribution in [2.24, 2.45) is 0 Å². The van der Waals surface area contributed by atoms with Crippen LogP contribution in [0, 0.1) is 5.82 Å². The molecule has 0 aliphatic carbocycles. The molecule has 1 heterocycles. The van der Waals surface area contributed by atoms with Crippen molar-refractivity contribution in [2.45, 2.75) is 45.2 Å². The monoisotopic (exact) mass is 292 g/mol. The number of carbonyl (C=O) groups excluding carboxylic acids is 2. The van der Waals surface area contributed by atoms with Gasteiger partial charge in [-0.15, -0.1) is 0 Å². The summed E-state index contributed by atoms with van der Waals surface area (Å²) in [7, 11) is 0. The van der Waals surface area contributed by atoms with Crippen LogP contribution in [0.15, 0.2) is 24.3 Å². The first-order chi connectivity index (χ1) is 9.89. The van der Waals surface area contributed by atoms with Crippen LogP contribution in [-0.2, 0) is 9.59 Å². The quantitative estimate of drug-likeness (QED) is 0.930. The third kappa shape index (κ3) is 2.91. The fraction of sp³-hybridized carbons (Fsp3) is 0.500. The molecule has 2 amide bonds. The molecule has 4 nitrogen and oxygen atoms in total. The average Bonchev–Trinajstić information content (AvgIpc) is 2.57. The van der Waals surface area contributed by atoms with Gasteiger partial charge in [0.05, 0.1) is 6.04 Å². The van der Waals surface area contributed by atoms with Crippen LogP contribution in [0.4, 0.5) is 4.39 Å². The van der Waals surface area contributed by atoms with Gasteiger partial charge in [0.25, 0.3) is 0 Å². The van der Waals surface area contributed by atoms with Crippen molar-refractivity contribution in [1.82, 2.24) is 10.2 Å². The number of hydrogen-bond donors (Lipinski definition) is 1. The lowest BCUT2D eigenvalue weighted by Crippen LogP contribution is -2.55. The normalized spacial score (nSPS) is 24.5. The van der Waals surface area contributed by atoms with Crippen LogP contribution in [0.2, 0.25) is 0 Å². The second-order valence-corrected chi connectivity index (χ2v) is 5.68. The minimum Gasteiger partial charge on any atom is -0.342 e. The molecule has 1 saturated heterocycles. The molecule has 1 aromatic rings. The maximum Gasteiger partial charge on any atom is 0.248 e. The third-order valence-electron chi connectivity index (χ3n) is 4.26. The van der Waals surface area contributed by atoms with Crippen LogP contribution < -0.4 is 5.32 Å². The van der Waals surface area contributed by atoms with Crippen LogP contribution in [0.5, 0.6) is 0 Å². The van der Waals surface area contributed by atoms with Gasteiger partial charge in [0.1, 0.15) is 11.4 Å². The van der Waals surface area contributed by atoms with Gasteiger partial charge in [-0.2, -0.15) is 0 Å². The van der Waals surface area contributed by atoms with E-state index in [0.29, 0.717) is 18.5 Å². The Morgan fingerprint density at radius 3 is 2.67 bits per heavy atom. The van der Waals surface area contributed by atoms with E-state index in [9.17, 15) is 14.0 Å². The molecule has 0 spiro atoms. The molecule has 0 bridgehead atoms. The van der Waals surface area contributed by atoms with Gasteiger partial charge < -0.3 is 10.2 Å². The lowest BCUT2D eigenvalue weighted by molar-refractivity contribution is -0.140. The molecule has 1 aliphatic heterocycles. The van der Waals surface area contributed by atoms with Gasteiger partial charge >= 0.3 is 0 Å². The van der Waals surface area contributed by atoms with Crippen molar-refractivity contribution < 1.29 is 14.0 Å². The van der Waals surface area contributed by atoms with Crippen molar-refractivity contribution in [2.75, 3.05) is 6.54 Å². The SMILES string of the molecule is CCC1(C)NC(=O)CCN(C(C)c2ccccc2F)C1=O. The standard InChI is InChI=1S/C16H21FN2O2/c1-4-16(3)15(21)19(10-9-14(20)18-16)11(2)12-7-5-6-8-13(12)17/h5-8,11H,4,9-10H2,1-3H3,(H,18,20). The molecule has 5 heteroatoms. The Labute approximate surface area is 124 Å². The Bertz CT molecular complexity index is 561. The molecule has 1 aromatic carbocycles. The molecular formula is C16H21FN2O2. The summed E-state index contributed by atoms with van der Waals surface area (Å²) in [6.07, 6.45) is 0.734. The van der Waals surface area contributed by atoms with Crippen LogP contribution in [0.3, 0.4) is 0 Å². The van der Waals surface area contributed by atoms with E-state index in [1.807, 2.05) is 6.92 Å². The summed E-state index contributed by atoms with van der Waals surface area (Å²) in [6.45, 7) is 5.67. The molecule has 0 aromatic heterocycles. The minimum absolute atomic E-state index is 0.143. The molecule has 21 heavy (non-hydrogen) atoms. The highest BCUT2D eigenvalue weighted by atomic mass is 19.1. The summed E-state index contributed by atoms with van der Waals surface area (Å²) >= 11 is 0. The number of carbonyl (C=O) groups is 2. The number of halogens is 1. The van der Waals surface area contributed by atoms with Gasteiger partial charge in [0, 0.05) is 18.5 Å². The molecule has 1 fully saturated rings. The summed E-state index contributed by atoms with van der Waals surface area (Å²) in [5, 5.41) is 2.78. The van der Waals surface area contributed by atoms with Crippen LogP contribution >= 0.6 is 0 Å². The van der Waals surface area contributed by atoms with E-state index in [4.69, 9.17) is 0 Å². The Kier molecular flexibility index (Phi) is 4.30. The number of nitrogens with zero attached hydrogens (tertiary/aromatic N) is 1. The van der Waals surface area contributed by atoms with Gasteiger partial charge in [-0.25, -0.2) is 4.39 Å². The van der Waals surface area contributed by atoms with Gasteiger partial charge in [-0.1, -0.05) is 25.1 Å². The molecule has 114 valence electrons. The molecule has 2 unspecified atom stereocenters. The van der Waals surface area contributed by atoms with Crippen molar-refractivity contribution in [3.05, 3.63) is 35.6 Å². The smallest absolute Gasteiger partial charge is 0.248 e. The molecule has 0 saturated carbocycles. The number of benzene rings is 1. The molecular weight excluding hydrogens is 271 g/mol. The lowest BCUT2D eigenvalue weighted by atomic mass is 9.95. The van der Waals surface area contributed by atoms with E-state index >= 15 is 0 Å². The fourth-order valence-electron chi connectivity index (χ4n) is 2.66. The summed E-state index contributed by atoms with van der Waals surface area (Å²) in [6, 6.07) is 6.03. The van der Waals surface area contributed by atoms with Crippen molar-refractivity contribution >= 4 is 11.8 Å². The summed E-state index contributed by atoms with van der Waals surface area (Å²) < 4.78 is 14.0. The summed E-state index contributed by atoms with van der Waals surface area (Å²) in [4.78, 5) is 26.2. The highest BCUT2D eigenvalue weighted by Crippen LogP contribution is 2.28. The van der Waals surface area contributed by atoms with E-state index in [0.717, 1.165) is 0 Å². The van der Waals surface area contributed by atoms with Gasteiger partial charge in [0.15, 0.2) is 0 Å². The first-order valence-corrected chi connectivity index (χ1v) is 7.25. The third-order valence-corrected chi connectivity index (χ3v) is 4.26. The summed E-state index contributed by atoms with van der Waals surface area (Å²) in [5.41, 5.74) is -0.453. The number of nitrogens with one attached hydrogen (secondary N) is 1. The van der Waals surface area contributed by atoms with Gasteiger partial charge in [0.2, 0.25) is 11.8 Å². The zero-order chi connectivity index (χ0) is 15.6. The maximum atomic E-state index is 14.0. The van der Waals surface area contributed by atoms with E-state index in [-0.39, 0.29) is 24.1 Å². The van der Waals surface area contributed by atoms with Gasteiger partial charge in [-0.3, -0.25) is 9.59 Å². The highest BCUT2D eigenvalue weighted by molar-refractivity contribution is 5.93. The highest BCUT2D eigenvalue weighted by Gasteiger charge is 2.41. The Hall–Kier alpha value is -1.91. The number of amides is 2. The van der Waals surface area contributed by atoms with Crippen molar-refractivity contribution in [3.63, 3.8) is 0 Å². The van der Waals surface area contributed by atoms with Crippen LogP contribution in [0.1, 0.15) is 45.2 Å². The van der Waals surface area contributed by atoms with E-state index in [2.05, 4.69) is 5.32 Å². The first-order valence-electron chi connectivity index (χ1n) is 7.25. The predicted octanol–water partition coefficient (Wildman–Crippen LogP) is 2.40. The Morgan fingerprint density at radius 1 is 1.38 bits per heavy atom. The van der Waals surface area contributed by atoms with Crippen LogP contribution in [-0.4, -0.2) is 28.8 Å². The largest absolute Gasteiger partial charge is 0.342 e. The zero-order valence-corrected chi connectivity index (χ0v) is 12.6. The average molecular weight is 292 g/mol. The molecule has 1 N–H and O–H groups in total. The predicted molar refractivity (Wildman–Crippen MR) is 78.0 cm³/mol. The molecule has 2 atom stereocenters. The second kappa shape index (κ2) is 5.84. The topological polar surface area (TPSA) is 49.4 Å². The lowest BCUT2D eigenvalue weighted by Gasteiger charge is -2.35. The summed E-state index contributed by atoms with van der Waals surface area (Å²) in [5.74, 6) is -0.637. The number of rotatable bonds is 3. The van der Waals surface area contributed by atoms with E-state index in [1.54, 1.807) is 36.9 Å². The van der Waals surface area contributed by atoms with E-state index in [1.165, 1.54) is 6.07 Å². The first kappa shape index (κ1) is 15.5. The Morgan fingerprint density at radius 2 is 2.05 bits per heavy atom. The maximum absolute atomic E-state index is 14.0. The molecule has 2 rings (SSSR count). The van der Waals surface area contributed by atoms with Gasteiger partial charge in [-0.05, 0) is 26.3 Å². The minimum atomic E-state index is -0.924. The second-order valence-electron chi connectivity index (χ2n) is 5.68. The fourth-order valence-corrected chi connectivity index (χ4v) is 2.66. The van der Waals surface area contributed by atoms with Crippen molar-refractivity contribution in [3.8, 4) is 0 Å². The molecule has 1 aliphatic rings. The van der Waals surface area contributed by atoms with Crippen molar-refractivity contribution in [1.29, 1.82) is 0 Å². The Balaban J connectivity index is 2.35. The zero-order valence-electron chi connectivity index (χ0n) is 12.6.